The first kappa shape index (κ1) is 17.9. The first-order valence-electron chi connectivity index (χ1n) is 8.34. The lowest BCUT2D eigenvalue weighted by Crippen LogP contribution is -2.40. The van der Waals surface area contributed by atoms with Gasteiger partial charge in [0.1, 0.15) is 0 Å². The van der Waals surface area contributed by atoms with Crippen LogP contribution in [0.15, 0.2) is 15.9 Å². The maximum atomic E-state index is 12.9. The minimum atomic E-state index is -0.376. The number of rotatable bonds is 8. The van der Waals surface area contributed by atoms with Crippen LogP contribution in [0.2, 0.25) is 0 Å². The molecule has 6 nitrogen and oxygen atoms in total. The van der Waals surface area contributed by atoms with E-state index in [0.29, 0.717) is 24.0 Å². The standard InChI is InChI=1S/C16H27N4O2P/c1-5-7-9-18-11-17-14-13(18)15(21)20(12-23(3)4)16(22)19(14)10-8-6-2/h11H,5-10,12H2,1-4H3. The quantitative estimate of drug-likeness (QED) is 0.695. The summed E-state index contributed by atoms with van der Waals surface area (Å²) in [4.78, 5) is 30.0. The Labute approximate surface area is 137 Å². The molecule has 2 heterocycles. The Kier molecular flexibility index (Phi) is 6.17. The van der Waals surface area contributed by atoms with Gasteiger partial charge in [0, 0.05) is 19.4 Å². The van der Waals surface area contributed by atoms with E-state index in [0.717, 1.165) is 32.2 Å². The van der Waals surface area contributed by atoms with Crippen LogP contribution >= 0.6 is 7.92 Å². The Morgan fingerprint density at radius 1 is 1.04 bits per heavy atom. The van der Waals surface area contributed by atoms with Crippen LogP contribution in [0.25, 0.3) is 11.2 Å². The molecule has 2 aromatic heterocycles. The smallest absolute Gasteiger partial charge is 0.325 e. The van der Waals surface area contributed by atoms with Gasteiger partial charge in [0.2, 0.25) is 0 Å². The predicted molar refractivity (Wildman–Crippen MR) is 96.8 cm³/mol. The van der Waals surface area contributed by atoms with Crippen molar-refractivity contribution < 1.29 is 0 Å². The van der Waals surface area contributed by atoms with E-state index in [1.165, 1.54) is 4.57 Å². The second kappa shape index (κ2) is 7.91. The molecule has 0 aliphatic carbocycles. The number of imidazole rings is 1. The van der Waals surface area contributed by atoms with Crippen LogP contribution in [0, 0.1) is 0 Å². The summed E-state index contributed by atoms with van der Waals surface area (Å²) in [6.45, 7) is 9.75. The zero-order valence-electron chi connectivity index (χ0n) is 14.6. The van der Waals surface area contributed by atoms with E-state index in [1.54, 1.807) is 10.9 Å². The molecular weight excluding hydrogens is 311 g/mol. The zero-order chi connectivity index (χ0) is 17.0. The van der Waals surface area contributed by atoms with E-state index in [1.807, 2.05) is 4.57 Å². The number of aromatic nitrogens is 4. The second-order valence-electron chi connectivity index (χ2n) is 6.21. The van der Waals surface area contributed by atoms with E-state index in [9.17, 15) is 9.59 Å². The van der Waals surface area contributed by atoms with Crippen molar-refractivity contribution in [1.82, 2.24) is 18.7 Å². The van der Waals surface area contributed by atoms with E-state index in [2.05, 4.69) is 32.2 Å². The fraction of sp³-hybridized carbons (Fsp3) is 0.688. The lowest BCUT2D eigenvalue weighted by Gasteiger charge is -2.13. The van der Waals surface area contributed by atoms with Gasteiger partial charge in [-0.1, -0.05) is 34.6 Å². The molecule has 7 heteroatoms. The van der Waals surface area contributed by atoms with Gasteiger partial charge >= 0.3 is 5.69 Å². The Hall–Kier alpha value is -1.42. The van der Waals surface area contributed by atoms with Crippen molar-refractivity contribution in [3.8, 4) is 0 Å². The number of aryl methyl sites for hydroxylation is 2. The molecule has 0 bridgehead atoms. The van der Waals surface area contributed by atoms with Crippen LogP contribution in [-0.2, 0) is 19.4 Å². The van der Waals surface area contributed by atoms with Crippen LogP contribution in [0.1, 0.15) is 39.5 Å². The summed E-state index contributed by atoms with van der Waals surface area (Å²) in [6, 6.07) is 0. The fourth-order valence-electron chi connectivity index (χ4n) is 2.66. The predicted octanol–water partition coefficient (Wildman–Crippen LogP) is 2.66. The van der Waals surface area contributed by atoms with Gasteiger partial charge in [0.25, 0.3) is 5.56 Å². The summed E-state index contributed by atoms with van der Waals surface area (Å²) in [6.07, 6.45) is 6.16. The van der Waals surface area contributed by atoms with Gasteiger partial charge < -0.3 is 4.57 Å². The number of fused-ring (bicyclic) bond motifs is 1. The molecule has 0 spiro atoms. The minimum absolute atomic E-state index is 0.192. The normalized spacial score (nSPS) is 11.7. The monoisotopic (exact) mass is 338 g/mol. The highest BCUT2D eigenvalue weighted by atomic mass is 31.1. The molecule has 2 rings (SSSR count). The Balaban J connectivity index is 2.69. The van der Waals surface area contributed by atoms with Crippen molar-refractivity contribution >= 4 is 19.1 Å². The fourth-order valence-corrected chi connectivity index (χ4v) is 3.48. The summed E-state index contributed by atoms with van der Waals surface area (Å²) in [7, 11) is -0.376. The van der Waals surface area contributed by atoms with E-state index >= 15 is 0 Å². The SMILES string of the molecule is CCCCn1cnc2c1c(=O)n(CP(C)C)c(=O)n2CCCC. The number of nitrogens with zero attached hydrogens (tertiary/aromatic N) is 4. The minimum Gasteiger partial charge on any atom is -0.325 e. The van der Waals surface area contributed by atoms with Crippen molar-refractivity contribution in [3.63, 3.8) is 0 Å². The average Bonchev–Trinajstić information content (AvgIpc) is 2.93. The molecule has 0 atom stereocenters. The first-order chi connectivity index (χ1) is 11.0. The van der Waals surface area contributed by atoms with Crippen molar-refractivity contribution in [2.45, 2.75) is 58.9 Å². The average molecular weight is 338 g/mol. The van der Waals surface area contributed by atoms with Gasteiger partial charge in [0.15, 0.2) is 11.2 Å². The number of hydrogen-bond donors (Lipinski definition) is 0. The van der Waals surface area contributed by atoms with Gasteiger partial charge in [-0.3, -0.25) is 13.9 Å². The molecular formula is C16H27N4O2P. The number of hydrogen-bond acceptors (Lipinski definition) is 3. The van der Waals surface area contributed by atoms with Crippen LogP contribution in [0.3, 0.4) is 0 Å². The van der Waals surface area contributed by atoms with Gasteiger partial charge in [-0.2, -0.15) is 0 Å². The highest BCUT2D eigenvalue weighted by Gasteiger charge is 2.18. The topological polar surface area (TPSA) is 61.8 Å². The lowest BCUT2D eigenvalue weighted by molar-refractivity contribution is 0.578. The van der Waals surface area contributed by atoms with E-state index < -0.39 is 0 Å². The van der Waals surface area contributed by atoms with Gasteiger partial charge in [-0.25, -0.2) is 9.78 Å². The molecule has 0 fully saturated rings. The molecule has 0 aliphatic rings. The summed E-state index contributed by atoms with van der Waals surface area (Å²) >= 11 is 0. The molecule has 0 saturated carbocycles. The van der Waals surface area contributed by atoms with Crippen molar-refractivity contribution in [2.75, 3.05) is 13.3 Å². The third-order valence-corrected chi connectivity index (χ3v) is 4.74. The van der Waals surface area contributed by atoms with Crippen molar-refractivity contribution in [3.05, 3.63) is 27.2 Å². The first-order valence-corrected chi connectivity index (χ1v) is 10.8. The van der Waals surface area contributed by atoms with Gasteiger partial charge in [-0.15, -0.1) is 0 Å². The third kappa shape index (κ3) is 3.74. The molecule has 0 amide bonds. The molecule has 0 radical (unpaired) electrons. The largest absolute Gasteiger partial charge is 0.333 e. The van der Waals surface area contributed by atoms with Crippen LogP contribution in [-0.4, -0.2) is 32.0 Å². The highest BCUT2D eigenvalue weighted by Crippen LogP contribution is 2.25. The maximum absolute atomic E-state index is 12.9. The summed E-state index contributed by atoms with van der Waals surface area (Å²) < 4.78 is 5.00. The molecule has 0 aliphatic heterocycles. The Morgan fingerprint density at radius 2 is 1.70 bits per heavy atom. The molecule has 0 N–H and O–H groups in total. The molecule has 0 aromatic carbocycles. The lowest BCUT2D eigenvalue weighted by atomic mass is 10.3. The van der Waals surface area contributed by atoms with Crippen LogP contribution in [0.5, 0.6) is 0 Å². The van der Waals surface area contributed by atoms with E-state index in [4.69, 9.17) is 0 Å². The molecule has 2 aromatic rings. The van der Waals surface area contributed by atoms with Crippen LogP contribution < -0.4 is 11.2 Å². The second-order valence-corrected chi connectivity index (χ2v) is 8.65. The number of unbranched alkanes of at least 4 members (excludes halogenated alkanes) is 2. The van der Waals surface area contributed by atoms with Crippen LogP contribution in [0.4, 0.5) is 0 Å². The summed E-state index contributed by atoms with van der Waals surface area (Å²) in [5.41, 5.74) is 0.707. The summed E-state index contributed by atoms with van der Waals surface area (Å²) in [5.74, 6) is 0. The van der Waals surface area contributed by atoms with Gasteiger partial charge in [-0.05, 0) is 26.2 Å². The molecule has 0 unspecified atom stereocenters. The van der Waals surface area contributed by atoms with Crippen molar-refractivity contribution in [1.29, 1.82) is 0 Å². The zero-order valence-corrected chi connectivity index (χ0v) is 15.5. The highest BCUT2D eigenvalue weighted by molar-refractivity contribution is 7.54. The third-order valence-electron chi connectivity index (χ3n) is 3.90. The van der Waals surface area contributed by atoms with E-state index in [-0.39, 0.29) is 19.2 Å². The van der Waals surface area contributed by atoms with Crippen molar-refractivity contribution in [2.24, 2.45) is 0 Å². The van der Waals surface area contributed by atoms with Gasteiger partial charge in [0.05, 0.1) is 6.33 Å². The Bertz CT molecular complexity index is 773. The molecule has 23 heavy (non-hydrogen) atoms. The maximum Gasteiger partial charge on any atom is 0.333 e. The molecule has 0 saturated heterocycles. The molecule has 128 valence electrons. The Morgan fingerprint density at radius 3 is 2.30 bits per heavy atom. The summed E-state index contributed by atoms with van der Waals surface area (Å²) in [5, 5.41) is 0.